The van der Waals surface area contributed by atoms with Crippen LogP contribution < -0.4 is 0 Å². The van der Waals surface area contributed by atoms with E-state index in [1.807, 2.05) is 10.6 Å². The van der Waals surface area contributed by atoms with Gasteiger partial charge in [-0.3, -0.25) is 9.78 Å². The Labute approximate surface area is 87.0 Å². The number of carbonyl (C=O) groups excluding carboxylic acids is 1. The van der Waals surface area contributed by atoms with Crippen molar-refractivity contribution in [2.75, 3.05) is 0 Å². The smallest absolute Gasteiger partial charge is 0.155 e. The highest BCUT2D eigenvalue weighted by Gasteiger charge is 2.50. The Bertz CT molecular complexity index is 540. The molecule has 2 aromatic rings. The molecular formula is C11H11N3O. The topological polar surface area (TPSA) is 47.3 Å². The van der Waals surface area contributed by atoms with Crippen LogP contribution in [0, 0.1) is 0 Å². The second kappa shape index (κ2) is 2.66. The maximum absolute atomic E-state index is 11.6. The molecule has 0 aromatic carbocycles. The van der Waals surface area contributed by atoms with Crippen molar-refractivity contribution in [3.05, 3.63) is 30.5 Å². The highest BCUT2D eigenvalue weighted by Crippen LogP contribution is 2.48. The Morgan fingerprint density at radius 2 is 2.27 bits per heavy atom. The minimum Gasteiger partial charge on any atom is -0.300 e. The lowest BCUT2D eigenvalue weighted by Gasteiger charge is -2.10. The molecule has 0 N–H and O–H groups in total. The Balaban J connectivity index is 2.24. The molecule has 1 saturated carbocycles. The van der Waals surface area contributed by atoms with Gasteiger partial charge in [0.2, 0.25) is 0 Å². The third kappa shape index (κ3) is 1.04. The molecule has 0 saturated heterocycles. The molecule has 2 aromatic heterocycles. The molecule has 1 aliphatic rings. The van der Waals surface area contributed by atoms with Gasteiger partial charge in [0.15, 0.2) is 5.65 Å². The van der Waals surface area contributed by atoms with Crippen LogP contribution in [-0.2, 0) is 10.2 Å². The minimum absolute atomic E-state index is 0.237. The number of fused-ring (bicyclic) bond motifs is 1. The van der Waals surface area contributed by atoms with Crippen molar-refractivity contribution in [2.24, 2.45) is 0 Å². The number of nitrogens with zero attached hydrogens (tertiary/aromatic N) is 3. The van der Waals surface area contributed by atoms with Crippen LogP contribution in [0.25, 0.3) is 5.65 Å². The maximum atomic E-state index is 11.6. The normalized spacial score (nSPS) is 17.9. The van der Waals surface area contributed by atoms with Gasteiger partial charge in [0, 0.05) is 12.4 Å². The van der Waals surface area contributed by atoms with E-state index in [0.29, 0.717) is 0 Å². The number of rotatable bonds is 2. The third-order valence-corrected chi connectivity index (χ3v) is 3.23. The molecule has 1 fully saturated rings. The Morgan fingerprint density at radius 3 is 2.93 bits per heavy atom. The van der Waals surface area contributed by atoms with Gasteiger partial charge in [-0.2, -0.15) is 0 Å². The van der Waals surface area contributed by atoms with Gasteiger partial charge in [0.1, 0.15) is 5.78 Å². The summed E-state index contributed by atoms with van der Waals surface area (Å²) in [6, 6.07) is 0. The fourth-order valence-corrected chi connectivity index (χ4v) is 2.11. The second-order valence-electron chi connectivity index (χ2n) is 4.09. The number of imidazole rings is 1. The largest absolute Gasteiger partial charge is 0.300 e. The zero-order chi connectivity index (χ0) is 10.5. The summed E-state index contributed by atoms with van der Waals surface area (Å²) in [6.45, 7) is 1.66. The van der Waals surface area contributed by atoms with Crippen molar-refractivity contribution < 1.29 is 4.79 Å². The van der Waals surface area contributed by atoms with Crippen LogP contribution in [0.3, 0.4) is 0 Å². The molecule has 0 atom stereocenters. The van der Waals surface area contributed by atoms with E-state index in [9.17, 15) is 4.79 Å². The highest BCUT2D eigenvalue weighted by molar-refractivity contribution is 5.90. The molecule has 0 unspecified atom stereocenters. The molecule has 76 valence electrons. The summed E-state index contributed by atoms with van der Waals surface area (Å²) in [5.41, 5.74) is 1.55. The molecule has 0 aliphatic heterocycles. The molecule has 15 heavy (non-hydrogen) atoms. The quantitative estimate of drug-likeness (QED) is 0.736. The monoisotopic (exact) mass is 201 g/mol. The first kappa shape index (κ1) is 8.59. The molecule has 0 bridgehead atoms. The van der Waals surface area contributed by atoms with Gasteiger partial charge in [-0.1, -0.05) is 0 Å². The van der Waals surface area contributed by atoms with Crippen molar-refractivity contribution in [3.8, 4) is 0 Å². The van der Waals surface area contributed by atoms with E-state index in [2.05, 4.69) is 9.97 Å². The van der Waals surface area contributed by atoms with Crippen molar-refractivity contribution in [3.63, 3.8) is 0 Å². The number of Topliss-reactive ketones (excluding diaryl/α,β-unsaturated/α-hetero) is 1. The van der Waals surface area contributed by atoms with Crippen LogP contribution in [-0.4, -0.2) is 20.2 Å². The molecule has 4 nitrogen and oxygen atoms in total. The Kier molecular flexibility index (Phi) is 1.52. The van der Waals surface area contributed by atoms with Crippen molar-refractivity contribution in [1.82, 2.24) is 14.4 Å². The minimum atomic E-state index is -0.263. The molecule has 0 amide bonds. The van der Waals surface area contributed by atoms with E-state index in [4.69, 9.17) is 0 Å². The zero-order valence-corrected chi connectivity index (χ0v) is 8.47. The van der Waals surface area contributed by atoms with Crippen molar-refractivity contribution in [1.29, 1.82) is 0 Å². The van der Waals surface area contributed by atoms with Gasteiger partial charge in [-0.25, -0.2) is 4.98 Å². The van der Waals surface area contributed by atoms with Crippen LogP contribution in [0.2, 0.25) is 0 Å². The summed E-state index contributed by atoms with van der Waals surface area (Å²) < 4.78 is 1.96. The fourth-order valence-electron chi connectivity index (χ4n) is 2.11. The molecular weight excluding hydrogens is 190 g/mol. The number of hydrogen-bond donors (Lipinski definition) is 0. The number of aromatic nitrogens is 3. The molecule has 3 rings (SSSR count). The highest BCUT2D eigenvalue weighted by atomic mass is 16.1. The van der Waals surface area contributed by atoms with Gasteiger partial charge in [0.25, 0.3) is 0 Å². The summed E-state index contributed by atoms with van der Waals surface area (Å²) in [5.74, 6) is 0.237. The summed E-state index contributed by atoms with van der Waals surface area (Å²) in [7, 11) is 0. The maximum Gasteiger partial charge on any atom is 0.155 e. The van der Waals surface area contributed by atoms with Crippen molar-refractivity contribution >= 4 is 11.4 Å². The summed E-state index contributed by atoms with van der Waals surface area (Å²) in [6.07, 6.45) is 8.97. The average molecular weight is 201 g/mol. The average Bonchev–Trinajstić information content (AvgIpc) is 2.93. The summed E-state index contributed by atoms with van der Waals surface area (Å²) in [4.78, 5) is 19.9. The first-order valence-corrected chi connectivity index (χ1v) is 5.03. The van der Waals surface area contributed by atoms with E-state index in [1.165, 1.54) is 0 Å². The van der Waals surface area contributed by atoms with Crippen LogP contribution in [0.4, 0.5) is 0 Å². The van der Waals surface area contributed by atoms with Crippen LogP contribution in [0.5, 0.6) is 0 Å². The number of carbonyl (C=O) groups is 1. The van der Waals surface area contributed by atoms with Crippen molar-refractivity contribution in [2.45, 2.75) is 25.2 Å². The van der Waals surface area contributed by atoms with E-state index >= 15 is 0 Å². The van der Waals surface area contributed by atoms with Gasteiger partial charge in [-0.15, -0.1) is 0 Å². The first-order valence-electron chi connectivity index (χ1n) is 5.03. The standard InChI is InChI=1S/C11H11N3O/c1-8(15)11(2-3-11)9-6-13-10-7-12-4-5-14(9)10/h4-7H,2-3H2,1H3. The zero-order valence-electron chi connectivity index (χ0n) is 8.47. The Hall–Kier alpha value is -1.71. The summed E-state index contributed by atoms with van der Waals surface area (Å²) in [5, 5.41) is 0. The molecule has 0 spiro atoms. The predicted molar refractivity (Wildman–Crippen MR) is 54.6 cm³/mol. The van der Waals surface area contributed by atoms with Gasteiger partial charge in [0.05, 0.1) is 23.5 Å². The van der Waals surface area contributed by atoms with Crippen LogP contribution in [0.1, 0.15) is 25.5 Å². The molecule has 0 radical (unpaired) electrons. The van der Waals surface area contributed by atoms with E-state index in [0.717, 1.165) is 24.2 Å². The molecule has 4 heteroatoms. The third-order valence-electron chi connectivity index (χ3n) is 3.23. The van der Waals surface area contributed by atoms with E-state index < -0.39 is 0 Å². The molecule has 2 heterocycles. The predicted octanol–water partition coefficient (Wildman–Crippen LogP) is 1.35. The number of ketones is 1. The van der Waals surface area contributed by atoms with E-state index in [-0.39, 0.29) is 11.2 Å². The lowest BCUT2D eigenvalue weighted by atomic mass is 9.98. The fraction of sp³-hybridized carbons (Fsp3) is 0.364. The van der Waals surface area contributed by atoms with Gasteiger partial charge >= 0.3 is 0 Å². The summed E-state index contributed by atoms with van der Waals surface area (Å²) >= 11 is 0. The lowest BCUT2D eigenvalue weighted by Crippen LogP contribution is -2.18. The SMILES string of the molecule is CC(=O)C1(c2cnc3cnccn23)CC1. The van der Waals surface area contributed by atoms with Gasteiger partial charge < -0.3 is 4.40 Å². The molecule has 1 aliphatic carbocycles. The number of hydrogen-bond acceptors (Lipinski definition) is 3. The second-order valence-corrected chi connectivity index (χ2v) is 4.09. The van der Waals surface area contributed by atoms with Crippen LogP contribution >= 0.6 is 0 Å². The van der Waals surface area contributed by atoms with E-state index in [1.54, 1.807) is 25.5 Å². The first-order chi connectivity index (χ1) is 7.24. The van der Waals surface area contributed by atoms with Crippen LogP contribution in [0.15, 0.2) is 24.8 Å². The lowest BCUT2D eigenvalue weighted by molar-refractivity contribution is -0.119. The van der Waals surface area contributed by atoms with Gasteiger partial charge in [-0.05, 0) is 19.8 Å². The Morgan fingerprint density at radius 1 is 1.47 bits per heavy atom.